The first-order valence-electron chi connectivity index (χ1n) is 6.42. The summed E-state index contributed by atoms with van der Waals surface area (Å²) in [5.74, 6) is 1.02. The van der Waals surface area contributed by atoms with Gasteiger partial charge in [-0.2, -0.15) is 9.40 Å². The number of sulfonamides is 1. The van der Waals surface area contributed by atoms with Crippen LogP contribution in [0.25, 0.3) is 0 Å². The topological polar surface area (TPSA) is 58.4 Å². The Balaban J connectivity index is 1.68. The zero-order valence-electron chi connectivity index (χ0n) is 10.8. The van der Waals surface area contributed by atoms with Gasteiger partial charge in [0.2, 0.25) is 10.0 Å². The quantitative estimate of drug-likeness (QED) is 0.810. The van der Waals surface area contributed by atoms with Crippen molar-refractivity contribution < 1.29 is 8.42 Å². The van der Waals surface area contributed by atoms with E-state index in [0.717, 1.165) is 36.4 Å². The van der Waals surface area contributed by atoms with Gasteiger partial charge in [-0.05, 0) is 28.8 Å². The molecule has 1 aromatic heterocycles. The Labute approximate surface area is 121 Å². The predicted octanol–water partition coefficient (Wildman–Crippen LogP) is 0.797. The van der Waals surface area contributed by atoms with Gasteiger partial charge in [0.15, 0.2) is 0 Å². The molecule has 0 atom stereocenters. The Kier molecular flexibility index (Phi) is 3.34. The molecule has 2 aliphatic rings. The third-order valence-corrected chi connectivity index (χ3v) is 6.48. The maximum atomic E-state index is 12.1. The molecule has 1 aromatic rings. The van der Waals surface area contributed by atoms with Crippen molar-refractivity contribution in [3.8, 4) is 0 Å². The second-order valence-corrected chi connectivity index (χ2v) is 8.10. The van der Waals surface area contributed by atoms with E-state index in [1.165, 1.54) is 0 Å². The zero-order chi connectivity index (χ0) is 13.6. The summed E-state index contributed by atoms with van der Waals surface area (Å²) in [4.78, 5) is 2.18. The molecule has 0 unspecified atom stereocenters. The van der Waals surface area contributed by atoms with Gasteiger partial charge in [0.25, 0.3) is 0 Å². The summed E-state index contributed by atoms with van der Waals surface area (Å²) in [6.45, 7) is 2.58. The van der Waals surface area contributed by atoms with Gasteiger partial charge in [-0.3, -0.25) is 4.68 Å². The van der Waals surface area contributed by atoms with E-state index in [4.69, 9.17) is 0 Å². The first kappa shape index (κ1) is 13.4. The molecule has 6 nitrogen and oxygen atoms in total. The highest BCUT2D eigenvalue weighted by Crippen LogP contribution is 2.31. The van der Waals surface area contributed by atoms with Gasteiger partial charge in [0, 0.05) is 39.3 Å². The van der Waals surface area contributed by atoms with Gasteiger partial charge in [0.1, 0.15) is 10.4 Å². The van der Waals surface area contributed by atoms with Crippen LogP contribution >= 0.6 is 15.9 Å². The Morgan fingerprint density at radius 3 is 2.37 bits per heavy atom. The molecule has 0 radical (unpaired) electrons. The van der Waals surface area contributed by atoms with Crippen LogP contribution in [0.15, 0.2) is 10.7 Å². The van der Waals surface area contributed by atoms with E-state index in [1.807, 2.05) is 17.8 Å². The van der Waals surface area contributed by atoms with Crippen LogP contribution in [0.5, 0.6) is 0 Å². The molecule has 2 fully saturated rings. The summed E-state index contributed by atoms with van der Waals surface area (Å²) in [5, 5.41) is 4.15. The maximum absolute atomic E-state index is 12.1. The summed E-state index contributed by atoms with van der Waals surface area (Å²) in [6.07, 6.45) is 1.66. The van der Waals surface area contributed by atoms with E-state index < -0.39 is 10.0 Å². The molecular weight excluding hydrogens is 332 g/mol. The van der Waals surface area contributed by atoms with E-state index in [-0.39, 0.29) is 5.25 Å². The van der Waals surface area contributed by atoms with Crippen LogP contribution in [0, 0.1) is 0 Å². The van der Waals surface area contributed by atoms with Gasteiger partial charge in [-0.1, -0.05) is 0 Å². The summed E-state index contributed by atoms with van der Waals surface area (Å²) in [6, 6.07) is 1.96. The number of aromatic nitrogens is 2. The van der Waals surface area contributed by atoms with Crippen LogP contribution < -0.4 is 4.90 Å². The predicted molar refractivity (Wildman–Crippen MR) is 76.6 cm³/mol. The van der Waals surface area contributed by atoms with Crippen LogP contribution in [-0.2, 0) is 17.1 Å². The molecule has 8 heteroatoms. The molecule has 1 aliphatic carbocycles. The summed E-state index contributed by atoms with van der Waals surface area (Å²) in [7, 11) is -1.13. The molecule has 1 aliphatic heterocycles. The normalized spacial score (nSPS) is 21.9. The van der Waals surface area contributed by atoms with E-state index in [1.54, 1.807) is 4.31 Å². The van der Waals surface area contributed by atoms with Crippen LogP contribution in [-0.4, -0.2) is 53.9 Å². The summed E-state index contributed by atoms with van der Waals surface area (Å²) in [5.41, 5.74) is 0. The fraction of sp³-hybridized carbons (Fsp3) is 0.727. The lowest BCUT2D eigenvalue weighted by molar-refractivity contribution is 0.381. The number of nitrogens with zero attached hydrogens (tertiary/aromatic N) is 4. The monoisotopic (exact) mass is 348 g/mol. The Hall–Kier alpha value is -0.600. The number of hydrogen-bond acceptors (Lipinski definition) is 4. The number of anilines is 1. The van der Waals surface area contributed by atoms with Crippen molar-refractivity contribution in [2.45, 2.75) is 18.1 Å². The molecule has 0 spiro atoms. The molecule has 0 bridgehead atoms. The van der Waals surface area contributed by atoms with Gasteiger partial charge in [0.05, 0.1) is 5.25 Å². The third kappa shape index (κ3) is 2.53. The molecule has 106 valence electrons. The van der Waals surface area contributed by atoms with E-state index in [0.29, 0.717) is 13.1 Å². The number of piperazine rings is 1. The van der Waals surface area contributed by atoms with Crippen molar-refractivity contribution in [2.75, 3.05) is 31.1 Å². The Bertz CT molecular complexity index is 574. The number of hydrogen-bond donors (Lipinski definition) is 0. The maximum Gasteiger partial charge on any atom is 0.217 e. The van der Waals surface area contributed by atoms with Crippen molar-refractivity contribution in [1.82, 2.24) is 14.1 Å². The van der Waals surface area contributed by atoms with Crippen LogP contribution in [0.4, 0.5) is 5.82 Å². The van der Waals surface area contributed by atoms with Crippen molar-refractivity contribution in [3.05, 3.63) is 10.7 Å². The molecule has 3 rings (SSSR count). The molecular formula is C11H17BrN4O2S. The number of aryl methyl sites for hydroxylation is 1. The van der Waals surface area contributed by atoms with Crippen molar-refractivity contribution in [1.29, 1.82) is 0 Å². The minimum atomic E-state index is -3.02. The zero-order valence-corrected chi connectivity index (χ0v) is 13.2. The standard InChI is InChI=1S/C11H17BrN4O2S/c1-14-11(8-10(12)13-14)15-4-6-16(7-5-15)19(17,18)9-2-3-9/h8-9H,2-7H2,1H3. The molecule has 0 N–H and O–H groups in total. The Morgan fingerprint density at radius 2 is 1.89 bits per heavy atom. The van der Waals surface area contributed by atoms with Gasteiger partial charge < -0.3 is 4.90 Å². The lowest BCUT2D eigenvalue weighted by Crippen LogP contribution is -2.50. The lowest BCUT2D eigenvalue weighted by Gasteiger charge is -2.35. The first-order chi connectivity index (χ1) is 8.98. The highest BCUT2D eigenvalue weighted by atomic mass is 79.9. The van der Waals surface area contributed by atoms with E-state index in [9.17, 15) is 8.42 Å². The van der Waals surface area contributed by atoms with Gasteiger partial charge in [-0.25, -0.2) is 8.42 Å². The summed E-state index contributed by atoms with van der Waals surface area (Å²) < 4.78 is 28.6. The Morgan fingerprint density at radius 1 is 1.26 bits per heavy atom. The summed E-state index contributed by atoms with van der Waals surface area (Å²) >= 11 is 3.36. The number of rotatable bonds is 3. The van der Waals surface area contributed by atoms with Crippen LogP contribution in [0.1, 0.15) is 12.8 Å². The number of halogens is 1. The molecule has 1 saturated heterocycles. The van der Waals surface area contributed by atoms with E-state index in [2.05, 4.69) is 25.9 Å². The fourth-order valence-electron chi connectivity index (χ4n) is 2.47. The highest BCUT2D eigenvalue weighted by Gasteiger charge is 2.41. The molecule has 0 aromatic carbocycles. The van der Waals surface area contributed by atoms with Gasteiger partial charge >= 0.3 is 0 Å². The average Bonchev–Trinajstić information content (AvgIpc) is 3.16. The van der Waals surface area contributed by atoms with Crippen molar-refractivity contribution in [3.63, 3.8) is 0 Å². The highest BCUT2D eigenvalue weighted by molar-refractivity contribution is 9.10. The lowest BCUT2D eigenvalue weighted by atomic mass is 10.3. The fourth-order valence-corrected chi connectivity index (χ4v) is 4.74. The second kappa shape index (κ2) is 4.75. The van der Waals surface area contributed by atoms with Crippen molar-refractivity contribution in [2.24, 2.45) is 7.05 Å². The third-order valence-electron chi connectivity index (χ3n) is 3.69. The molecule has 1 saturated carbocycles. The second-order valence-electron chi connectivity index (χ2n) is 5.08. The average molecular weight is 349 g/mol. The SMILES string of the molecule is Cn1nc(Br)cc1N1CCN(S(=O)(=O)C2CC2)CC1. The van der Waals surface area contributed by atoms with Gasteiger partial charge in [-0.15, -0.1) is 0 Å². The first-order valence-corrected chi connectivity index (χ1v) is 8.71. The van der Waals surface area contributed by atoms with Crippen LogP contribution in [0.3, 0.4) is 0 Å². The molecule has 0 amide bonds. The minimum Gasteiger partial charge on any atom is -0.354 e. The smallest absolute Gasteiger partial charge is 0.217 e. The van der Waals surface area contributed by atoms with Crippen LogP contribution in [0.2, 0.25) is 0 Å². The molecule has 19 heavy (non-hydrogen) atoms. The largest absolute Gasteiger partial charge is 0.354 e. The molecule has 2 heterocycles. The van der Waals surface area contributed by atoms with Crippen molar-refractivity contribution >= 4 is 31.8 Å². The minimum absolute atomic E-state index is 0.107. The van der Waals surface area contributed by atoms with E-state index >= 15 is 0 Å².